The molecule has 17 heavy (non-hydrogen) atoms. The van der Waals surface area contributed by atoms with Crippen molar-refractivity contribution in [2.45, 2.75) is 78.1 Å². The third kappa shape index (κ3) is 16.7. The van der Waals surface area contributed by atoms with E-state index in [1.807, 2.05) is 0 Å². The molecular formula is C14H30CaO2. The molecular weight excluding hydrogens is 240 g/mol. The van der Waals surface area contributed by atoms with Crippen LogP contribution in [0.4, 0.5) is 0 Å². The number of carbonyl (C=O) groups is 1. The zero-order valence-corrected chi connectivity index (χ0v) is 14.0. The van der Waals surface area contributed by atoms with Gasteiger partial charge >= 0.3 is 43.7 Å². The first kappa shape index (κ1) is 20.1. The molecule has 0 aliphatic heterocycles. The first-order valence-corrected chi connectivity index (χ1v) is 6.96. The zero-order chi connectivity index (χ0) is 12.1. The van der Waals surface area contributed by atoms with Crippen molar-refractivity contribution in [3.63, 3.8) is 0 Å². The maximum atomic E-state index is 11.2. The minimum absolute atomic E-state index is 0. The Hall–Kier alpha value is 0.730. The van der Waals surface area contributed by atoms with Gasteiger partial charge in [0.1, 0.15) is 0 Å². The second-order valence-corrected chi connectivity index (χ2v) is 4.45. The molecule has 0 spiro atoms. The number of hydrogen-bond donors (Lipinski definition) is 0. The van der Waals surface area contributed by atoms with Crippen LogP contribution in [0.25, 0.3) is 0 Å². The molecule has 0 rings (SSSR count). The van der Waals surface area contributed by atoms with Crippen molar-refractivity contribution in [2.75, 3.05) is 6.61 Å². The van der Waals surface area contributed by atoms with E-state index in [1.165, 1.54) is 32.1 Å². The van der Waals surface area contributed by atoms with E-state index in [9.17, 15) is 4.79 Å². The molecule has 3 heteroatoms. The number of hydrogen-bond acceptors (Lipinski definition) is 2. The monoisotopic (exact) mass is 270 g/mol. The molecule has 0 aliphatic carbocycles. The van der Waals surface area contributed by atoms with Gasteiger partial charge < -0.3 is 7.59 Å². The van der Waals surface area contributed by atoms with Gasteiger partial charge in [-0.15, -0.1) is 0 Å². The fourth-order valence-corrected chi connectivity index (χ4v) is 1.66. The van der Waals surface area contributed by atoms with Crippen LogP contribution >= 0.6 is 0 Å². The van der Waals surface area contributed by atoms with Crippen molar-refractivity contribution in [2.24, 2.45) is 0 Å². The van der Waals surface area contributed by atoms with Crippen molar-refractivity contribution < 1.29 is 12.4 Å². The molecule has 0 amide bonds. The summed E-state index contributed by atoms with van der Waals surface area (Å²) in [6.45, 7) is 4.98. The van der Waals surface area contributed by atoms with Gasteiger partial charge in [0.2, 0.25) is 0 Å². The van der Waals surface area contributed by atoms with Crippen LogP contribution in [0.2, 0.25) is 0 Å². The van der Waals surface area contributed by atoms with Gasteiger partial charge in [0.25, 0.3) is 0 Å². The SMILES string of the molecule is CCCCCCCCOC(=O)CCCCC.[Ca+2].[H-].[H-]. The second kappa shape index (κ2) is 16.7. The molecule has 0 unspecified atom stereocenters. The average Bonchev–Trinajstić information content (AvgIpc) is 2.28. The van der Waals surface area contributed by atoms with Gasteiger partial charge in [-0.05, 0) is 12.8 Å². The molecule has 0 saturated heterocycles. The van der Waals surface area contributed by atoms with E-state index in [0.29, 0.717) is 13.0 Å². The van der Waals surface area contributed by atoms with Gasteiger partial charge in [-0.3, -0.25) is 4.79 Å². The fourth-order valence-electron chi connectivity index (χ4n) is 1.66. The quantitative estimate of drug-likeness (QED) is 0.317. The Bertz CT molecular complexity index is 170. The fraction of sp³-hybridized carbons (Fsp3) is 0.929. The summed E-state index contributed by atoms with van der Waals surface area (Å²) >= 11 is 0. The summed E-state index contributed by atoms with van der Waals surface area (Å²) in [6.07, 6.45) is 11.3. The Morgan fingerprint density at radius 2 is 1.41 bits per heavy atom. The third-order valence-corrected chi connectivity index (χ3v) is 2.75. The van der Waals surface area contributed by atoms with Gasteiger partial charge in [-0.2, -0.15) is 0 Å². The molecule has 0 aromatic rings. The number of unbranched alkanes of at least 4 members (excludes halogenated alkanes) is 7. The van der Waals surface area contributed by atoms with Crippen molar-refractivity contribution in [1.82, 2.24) is 0 Å². The van der Waals surface area contributed by atoms with E-state index < -0.39 is 0 Å². The van der Waals surface area contributed by atoms with Crippen LogP contribution in [-0.2, 0) is 9.53 Å². The first-order chi connectivity index (χ1) is 7.81. The standard InChI is InChI=1S/C14H28O2.Ca.2H/c1-3-5-7-8-9-11-13-16-14(15)12-10-6-4-2;;;/h3-13H2,1-2H3;;;/q;+2;2*-1. The molecule has 0 aromatic carbocycles. The van der Waals surface area contributed by atoms with Crippen molar-refractivity contribution in [1.29, 1.82) is 0 Å². The molecule has 0 aliphatic rings. The summed E-state index contributed by atoms with van der Waals surface area (Å²) in [6, 6.07) is 0. The van der Waals surface area contributed by atoms with Crippen LogP contribution in [-0.4, -0.2) is 50.3 Å². The molecule has 0 aromatic heterocycles. The summed E-state index contributed by atoms with van der Waals surface area (Å²) in [7, 11) is 0. The number of carbonyl (C=O) groups excluding carboxylic acids is 1. The van der Waals surface area contributed by atoms with Crippen LogP contribution < -0.4 is 0 Å². The summed E-state index contributed by atoms with van der Waals surface area (Å²) in [5.41, 5.74) is 0. The molecule has 0 bridgehead atoms. The van der Waals surface area contributed by atoms with Gasteiger partial charge in [0.15, 0.2) is 0 Å². The van der Waals surface area contributed by atoms with Gasteiger partial charge in [0, 0.05) is 6.42 Å². The Kier molecular flexibility index (Phi) is 19.7. The summed E-state index contributed by atoms with van der Waals surface area (Å²) in [4.78, 5) is 11.2. The Morgan fingerprint density at radius 1 is 0.882 bits per heavy atom. The molecule has 0 radical (unpaired) electrons. The average molecular weight is 270 g/mol. The summed E-state index contributed by atoms with van der Waals surface area (Å²) < 4.78 is 5.16. The number of esters is 1. The normalized spacial score (nSPS) is 9.76. The predicted molar refractivity (Wildman–Crippen MR) is 76.5 cm³/mol. The van der Waals surface area contributed by atoms with Crippen LogP contribution in [0.3, 0.4) is 0 Å². The second-order valence-electron chi connectivity index (χ2n) is 4.45. The van der Waals surface area contributed by atoms with Crippen LogP contribution in [0.1, 0.15) is 80.9 Å². The molecule has 0 heterocycles. The van der Waals surface area contributed by atoms with Gasteiger partial charge in [-0.25, -0.2) is 0 Å². The van der Waals surface area contributed by atoms with E-state index >= 15 is 0 Å². The minimum atomic E-state index is -0.0120. The van der Waals surface area contributed by atoms with E-state index in [0.717, 1.165) is 25.7 Å². The Labute approximate surface area is 140 Å². The molecule has 2 nitrogen and oxygen atoms in total. The van der Waals surface area contributed by atoms with Crippen molar-refractivity contribution in [3.05, 3.63) is 0 Å². The molecule has 0 N–H and O–H groups in total. The van der Waals surface area contributed by atoms with E-state index in [-0.39, 0.29) is 46.6 Å². The van der Waals surface area contributed by atoms with E-state index in [1.54, 1.807) is 0 Å². The Balaban J connectivity index is -0.000000375. The van der Waals surface area contributed by atoms with E-state index in [4.69, 9.17) is 4.74 Å². The smallest absolute Gasteiger partial charge is 1.00 e. The molecule has 0 saturated carbocycles. The zero-order valence-electron chi connectivity index (χ0n) is 13.8. The number of rotatable bonds is 11. The largest absolute Gasteiger partial charge is 2.00 e. The van der Waals surface area contributed by atoms with E-state index in [2.05, 4.69) is 13.8 Å². The third-order valence-electron chi connectivity index (χ3n) is 2.75. The van der Waals surface area contributed by atoms with Crippen LogP contribution in [0, 0.1) is 0 Å². The maximum Gasteiger partial charge on any atom is 2.00 e. The van der Waals surface area contributed by atoms with Gasteiger partial charge in [-0.1, -0.05) is 58.8 Å². The minimum Gasteiger partial charge on any atom is -1.00 e. The molecule has 0 fully saturated rings. The number of ether oxygens (including phenoxy) is 1. The van der Waals surface area contributed by atoms with Crippen molar-refractivity contribution >= 4 is 43.7 Å². The first-order valence-electron chi connectivity index (χ1n) is 6.96. The Morgan fingerprint density at radius 3 is 2.06 bits per heavy atom. The topological polar surface area (TPSA) is 26.3 Å². The summed E-state index contributed by atoms with van der Waals surface area (Å²) in [5, 5.41) is 0. The van der Waals surface area contributed by atoms with Crippen LogP contribution in [0.5, 0.6) is 0 Å². The predicted octanol–water partition coefficient (Wildman–Crippen LogP) is 4.31. The maximum absolute atomic E-state index is 11.2. The van der Waals surface area contributed by atoms with Gasteiger partial charge in [0.05, 0.1) is 6.61 Å². The van der Waals surface area contributed by atoms with Crippen molar-refractivity contribution in [3.8, 4) is 0 Å². The summed E-state index contributed by atoms with van der Waals surface area (Å²) in [5.74, 6) is -0.0120. The molecule has 0 atom stereocenters. The molecule has 100 valence electrons. The van der Waals surface area contributed by atoms with Crippen LogP contribution in [0.15, 0.2) is 0 Å².